The molecular weight excluding hydrogens is 228 g/mol. The normalized spacial score (nSPS) is 11.6. The molecule has 0 atom stereocenters. The van der Waals surface area contributed by atoms with E-state index >= 15 is 0 Å². The summed E-state index contributed by atoms with van der Waals surface area (Å²) in [7, 11) is 0. The van der Waals surface area contributed by atoms with Crippen LogP contribution in [0.5, 0.6) is 5.88 Å². The molecule has 0 saturated heterocycles. The highest BCUT2D eigenvalue weighted by Crippen LogP contribution is 2.27. The van der Waals surface area contributed by atoms with Crippen molar-refractivity contribution in [3.63, 3.8) is 0 Å². The second-order valence-electron chi connectivity index (χ2n) is 4.59. The topological polar surface area (TPSA) is 55.2 Å². The fraction of sp³-hybridized carbons (Fsp3) is 0.636. The molecule has 90 valence electrons. The van der Waals surface area contributed by atoms with Crippen LogP contribution in [0, 0.1) is 6.92 Å². The summed E-state index contributed by atoms with van der Waals surface area (Å²) in [6, 6.07) is 0. The zero-order valence-corrected chi connectivity index (χ0v) is 10.8. The van der Waals surface area contributed by atoms with Gasteiger partial charge in [-0.1, -0.05) is 32.4 Å². The fourth-order valence-electron chi connectivity index (χ4n) is 1.09. The van der Waals surface area contributed by atoms with Crippen LogP contribution in [0.25, 0.3) is 0 Å². The molecule has 0 bridgehead atoms. The summed E-state index contributed by atoms with van der Waals surface area (Å²) in [5.74, 6) is 1.08. The second kappa shape index (κ2) is 4.97. The van der Waals surface area contributed by atoms with Gasteiger partial charge in [0.2, 0.25) is 5.88 Å². The van der Waals surface area contributed by atoms with Gasteiger partial charge in [-0.15, -0.1) is 0 Å². The standard InChI is InChI=1S/C11H17ClN2O2/c1-7-8(12)13-10(11(2,3)4)14-9(7)16-6-5-15/h15H,5-6H2,1-4H3. The van der Waals surface area contributed by atoms with Gasteiger partial charge in [0.05, 0.1) is 6.61 Å². The number of ether oxygens (including phenoxy) is 1. The van der Waals surface area contributed by atoms with Gasteiger partial charge in [0.25, 0.3) is 0 Å². The Labute approximate surface area is 101 Å². The fourth-order valence-corrected chi connectivity index (χ4v) is 1.25. The highest BCUT2D eigenvalue weighted by Gasteiger charge is 2.21. The highest BCUT2D eigenvalue weighted by molar-refractivity contribution is 6.30. The Balaban J connectivity index is 3.12. The lowest BCUT2D eigenvalue weighted by Crippen LogP contribution is -2.18. The summed E-state index contributed by atoms with van der Waals surface area (Å²) in [6.45, 7) is 7.96. The molecule has 0 fully saturated rings. The van der Waals surface area contributed by atoms with Crippen molar-refractivity contribution in [2.75, 3.05) is 13.2 Å². The number of hydrogen-bond acceptors (Lipinski definition) is 4. The molecule has 0 aliphatic heterocycles. The van der Waals surface area contributed by atoms with Crippen LogP contribution in [-0.2, 0) is 5.41 Å². The number of nitrogens with zero attached hydrogens (tertiary/aromatic N) is 2. The zero-order chi connectivity index (χ0) is 12.3. The highest BCUT2D eigenvalue weighted by atomic mass is 35.5. The lowest BCUT2D eigenvalue weighted by atomic mass is 9.96. The molecule has 1 N–H and O–H groups in total. The number of rotatable bonds is 3. The Hall–Kier alpha value is -0.870. The Morgan fingerprint density at radius 2 is 1.94 bits per heavy atom. The van der Waals surface area contributed by atoms with Gasteiger partial charge in [-0.2, -0.15) is 4.98 Å². The van der Waals surface area contributed by atoms with E-state index in [1.54, 1.807) is 6.92 Å². The van der Waals surface area contributed by atoms with Crippen molar-refractivity contribution in [2.24, 2.45) is 0 Å². The molecule has 0 aliphatic rings. The van der Waals surface area contributed by atoms with Gasteiger partial charge in [-0.05, 0) is 6.92 Å². The van der Waals surface area contributed by atoms with Crippen molar-refractivity contribution in [3.05, 3.63) is 16.5 Å². The minimum atomic E-state index is -0.186. The van der Waals surface area contributed by atoms with Crippen LogP contribution in [0.3, 0.4) is 0 Å². The molecule has 0 amide bonds. The van der Waals surface area contributed by atoms with Crippen molar-refractivity contribution in [2.45, 2.75) is 33.1 Å². The third-order valence-corrected chi connectivity index (χ3v) is 2.41. The first-order chi connectivity index (χ1) is 7.36. The molecule has 4 nitrogen and oxygen atoms in total. The van der Waals surface area contributed by atoms with Crippen LogP contribution < -0.4 is 4.74 Å². The summed E-state index contributed by atoms with van der Waals surface area (Å²) in [4.78, 5) is 8.54. The third-order valence-electron chi connectivity index (χ3n) is 2.04. The summed E-state index contributed by atoms with van der Waals surface area (Å²) in [5, 5.41) is 9.11. The van der Waals surface area contributed by atoms with E-state index in [-0.39, 0.29) is 18.6 Å². The predicted molar refractivity (Wildman–Crippen MR) is 63.1 cm³/mol. The molecule has 1 aromatic rings. The van der Waals surface area contributed by atoms with Crippen LogP contribution in [-0.4, -0.2) is 28.3 Å². The van der Waals surface area contributed by atoms with E-state index in [0.29, 0.717) is 22.4 Å². The maximum absolute atomic E-state index is 8.72. The zero-order valence-electron chi connectivity index (χ0n) is 10.0. The molecule has 5 heteroatoms. The third kappa shape index (κ3) is 3.06. The number of aliphatic hydroxyl groups is 1. The van der Waals surface area contributed by atoms with E-state index in [1.807, 2.05) is 20.8 Å². The van der Waals surface area contributed by atoms with Crippen LogP contribution in [0.2, 0.25) is 5.15 Å². The Bertz CT molecular complexity index is 375. The smallest absolute Gasteiger partial charge is 0.221 e. The summed E-state index contributed by atoms with van der Waals surface area (Å²) in [5.41, 5.74) is 0.511. The van der Waals surface area contributed by atoms with Crippen molar-refractivity contribution in [1.29, 1.82) is 0 Å². The molecule has 0 aromatic carbocycles. The molecule has 1 heterocycles. The number of aliphatic hydroxyl groups excluding tert-OH is 1. The van der Waals surface area contributed by atoms with E-state index in [4.69, 9.17) is 21.4 Å². The minimum Gasteiger partial charge on any atom is -0.475 e. The van der Waals surface area contributed by atoms with Gasteiger partial charge in [-0.25, -0.2) is 4.98 Å². The van der Waals surface area contributed by atoms with Gasteiger partial charge in [-0.3, -0.25) is 0 Å². The summed E-state index contributed by atoms with van der Waals surface area (Å²) in [6.07, 6.45) is 0. The second-order valence-corrected chi connectivity index (χ2v) is 4.95. The van der Waals surface area contributed by atoms with Crippen molar-refractivity contribution >= 4 is 11.6 Å². The summed E-state index contributed by atoms with van der Waals surface area (Å²) >= 11 is 6.01. The number of hydrogen-bond donors (Lipinski definition) is 1. The Morgan fingerprint density at radius 1 is 1.31 bits per heavy atom. The van der Waals surface area contributed by atoms with Crippen molar-refractivity contribution < 1.29 is 9.84 Å². The van der Waals surface area contributed by atoms with Crippen LogP contribution in [0.4, 0.5) is 0 Å². The van der Waals surface area contributed by atoms with Gasteiger partial charge in [0.1, 0.15) is 17.6 Å². The summed E-state index contributed by atoms with van der Waals surface area (Å²) < 4.78 is 5.32. The largest absolute Gasteiger partial charge is 0.475 e. The number of aromatic nitrogens is 2. The first-order valence-corrected chi connectivity index (χ1v) is 5.52. The van der Waals surface area contributed by atoms with E-state index in [9.17, 15) is 0 Å². The molecule has 0 saturated carbocycles. The molecule has 1 rings (SSSR count). The van der Waals surface area contributed by atoms with Gasteiger partial charge in [0, 0.05) is 11.0 Å². The monoisotopic (exact) mass is 244 g/mol. The molecule has 0 radical (unpaired) electrons. The predicted octanol–water partition coefficient (Wildman–Crippen LogP) is 2.11. The van der Waals surface area contributed by atoms with E-state index < -0.39 is 0 Å². The van der Waals surface area contributed by atoms with Gasteiger partial charge in [0.15, 0.2) is 0 Å². The average Bonchev–Trinajstić information content (AvgIpc) is 2.18. The maximum Gasteiger partial charge on any atom is 0.221 e. The van der Waals surface area contributed by atoms with Crippen LogP contribution >= 0.6 is 11.6 Å². The first-order valence-electron chi connectivity index (χ1n) is 5.14. The molecule has 0 unspecified atom stereocenters. The quantitative estimate of drug-likeness (QED) is 0.828. The van der Waals surface area contributed by atoms with Crippen molar-refractivity contribution in [3.8, 4) is 5.88 Å². The van der Waals surface area contributed by atoms with Crippen LogP contribution in [0.1, 0.15) is 32.2 Å². The maximum atomic E-state index is 8.72. The van der Waals surface area contributed by atoms with Gasteiger partial charge >= 0.3 is 0 Å². The Morgan fingerprint density at radius 3 is 2.44 bits per heavy atom. The minimum absolute atomic E-state index is 0.0497. The molecular formula is C11H17ClN2O2. The van der Waals surface area contributed by atoms with Gasteiger partial charge < -0.3 is 9.84 Å². The number of halogens is 1. The van der Waals surface area contributed by atoms with Crippen molar-refractivity contribution in [1.82, 2.24) is 9.97 Å². The first kappa shape index (κ1) is 13.2. The molecule has 1 aromatic heterocycles. The molecule has 0 spiro atoms. The van der Waals surface area contributed by atoms with Crippen LogP contribution in [0.15, 0.2) is 0 Å². The molecule has 0 aliphatic carbocycles. The molecule has 16 heavy (non-hydrogen) atoms. The van der Waals surface area contributed by atoms with E-state index in [0.717, 1.165) is 0 Å². The van der Waals surface area contributed by atoms with E-state index in [2.05, 4.69) is 9.97 Å². The van der Waals surface area contributed by atoms with E-state index in [1.165, 1.54) is 0 Å². The average molecular weight is 245 g/mol. The lowest BCUT2D eigenvalue weighted by molar-refractivity contribution is 0.195. The lowest BCUT2D eigenvalue weighted by Gasteiger charge is -2.18. The SMILES string of the molecule is Cc1c(Cl)nc(C(C)(C)C)nc1OCCO. The Kier molecular flexibility index (Phi) is 4.10.